The summed E-state index contributed by atoms with van der Waals surface area (Å²) in [6.07, 6.45) is 3.30. The minimum Gasteiger partial charge on any atom is -0.465 e. The molecule has 0 fully saturated rings. The van der Waals surface area contributed by atoms with E-state index in [1.165, 1.54) is 18.7 Å². The molecule has 14 nitrogen and oxygen atoms in total. The third-order valence-electron chi connectivity index (χ3n) is 6.34. The minimum atomic E-state index is -3.82. The number of benzene rings is 1. The van der Waals surface area contributed by atoms with E-state index >= 15 is 0 Å². The highest BCUT2D eigenvalue weighted by molar-refractivity contribution is 7.53. The van der Waals surface area contributed by atoms with E-state index in [9.17, 15) is 18.5 Å². The lowest BCUT2D eigenvalue weighted by Crippen LogP contribution is -2.18. The van der Waals surface area contributed by atoms with Crippen LogP contribution in [0.5, 0.6) is 0 Å². The van der Waals surface area contributed by atoms with Gasteiger partial charge < -0.3 is 39.3 Å². The lowest BCUT2D eigenvalue weighted by Gasteiger charge is -2.19. The van der Waals surface area contributed by atoms with Gasteiger partial charge in [0, 0.05) is 13.0 Å². The van der Waals surface area contributed by atoms with Gasteiger partial charge in [0.1, 0.15) is 30.6 Å². The smallest absolute Gasteiger partial charge is 0.356 e. The topological polar surface area (TPSA) is 193 Å². The van der Waals surface area contributed by atoms with Gasteiger partial charge in [-0.2, -0.15) is 0 Å². The van der Waals surface area contributed by atoms with Crippen LogP contribution in [0.25, 0.3) is 11.2 Å². The number of ether oxygens (including phenoxy) is 3. The number of imidazole rings is 1. The van der Waals surface area contributed by atoms with Crippen molar-refractivity contribution in [2.24, 2.45) is 11.7 Å². The first-order chi connectivity index (χ1) is 21.0. The van der Waals surface area contributed by atoms with Crippen molar-refractivity contribution in [1.29, 1.82) is 0 Å². The number of fused-ring (bicyclic) bond motifs is 1. The van der Waals surface area contributed by atoms with E-state index in [1.807, 2.05) is 13.8 Å². The molecule has 0 aliphatic carbocycles. The summed E-state index contributed by atoms with van der Waals surface area (Å²) >= 11 is 0. The molecule has 2 aromatic heterocycles. The molecule has 0 amide bonds. The van der Waals surface area contributed by atoms with Gasteiger partial charge >= 0.3 is 19.5 Å². The predicted octanol–water partition coefficient (Wildman–Crippen LogP) is 3.19. The van der Waals surface area contributed by atoms with Crippen LogP contribution >= 0.6 is 7.60 Å². The molecule has 0 spiro atoms. The Hall–Kier alpha value is -3.49. The normalized spacial score (nSPS) is 13.6. The number of nitrogens with two attached hydrogens (primary N) is 2. The Kier molecular flexibility index (Phi) is 13.6. The fourth-order valence-corrected chi connectivity index (χ4v) is 5.38. The van der Waals surface area contributed by atoms with Crippen molar-refractivity contribution in [2.45, 2.75) is 46.1 Å². The summed E-state index contributed by atoms with van der Waals surface area (Å²) in [7, 11) is -3.82. The van der Waals surface area contributed by atoms with E-state index in [-0.39, 0.29) is 57.6 Å². The second-order valence-corrected chi connectivity index (χ2v) is 12.3. The number of hydrogen-bond acceptors (Lipinski definition) is 13. The maximum absolute atomic E-state index is 14.5. The summed E-state index contributed by atoms with van der Waals surface area (Å²) in [5.74, 6) is -1.70. The summed E-state index contributed by atoms with van der Waals surface area (Å²) in [6.45, 7) is 5.28. The largest absolute Gasteiger partial charge is 0.465 e. The van der Waals surface area contributed by atoms with Crippen LogP contribution in [0, 0.1) is 11.7 Å². The fourth-order valence-electron chi connectivity index (χ4n) is 4.04. The summed E-state index contributed by atoms with van der Waals surface area (Å²) in [4.78, 5) is 36.1. The van der Waals surface area contributed by atoms with Gasteiger partial charge in [-0.1, -0.05) is 26.0 Å². The molecule has 3 aromatic rings. The molecule has 0 aliphatic rings. The second-order valence-electron chi connectivity index (χ2n) is 10.3. The van der Waals surface area contributed by atoms with Crippen LogP contribution in [-0.2, 0) is 50.4 Å². The van der Waals surface area contributed by atoms with Gasteiger partial charge in [-0.25, -0.2) is 19.3 Å². The molecule has 0 radical (unpaired) electrons. The molecular weight excluding hydrogens is 598 g/mol. The highest BCUT2D eigenvalue weighted by Gasteiger charge is 2.26. The van der Waals surface area contributed by atoms with Crippen LogP contribution in [0.1, 0.15) is 44.2 Å². The van der Waals surface area contributed by atoms with Crippen molar-refractivity contribution in [3.05, 3.63) is 47.8 Å². The molecule has 0 saturated carbocycles. The maximum atomic E-state index is 14.5. The zero-order valence-corrected chi connectivity index (χ0v) is 26.0. The summed E-state index contributed by atoms with van der Waals surface area (Å²) in [5, 5.41) is 0. The summed E-state index contributed by atoms with van der Waals surface area (Å²) in [6, 6.07) is 4.74. The van der Waals surface area contributed by atoms with Crippen molar-refractivity contribution in [1.82, 2.24) is 19.5 Å². The number of carbonyl (C=O) groups is 2. The molecule has 2 atom stereocenters. The number of hydrogen-bond donors (Lipinski definition) is 2. The fraction of sp³-hybridized carbons (Fsp3) is 0.536. The zero-order valence-electron chi connectivity index (χ0n) is 25.1. The Morgan fingerprint density at radius 3 is 2.52 bits per heavy atom. The van der Waals surface area contributed by atoms with E-state index in [1.54, 1.807) is 23.6 Å². The number of rotatable bonds is 19. The van der Waals surface area contributed by atoms with E-state index in [2.05, 4.69) is 15.0 Å². The van der Waals surface area contributed by atoms with Crippen LogP contribution in [0.2, 0.25) is 0 Å². The van der Waals surface area contributed by atoms with Crippen molar-refractivity contribution in [3.8, 4) is 0 Å². The zero-order chi connectivity index (χ0) is 32.1. The number of anilines is 1. The maximum Gasteiger partial charge on any atom is 0.356 e. The molecule has 0 saturated heterocycles. The number of carbonyl (C=O) groups excluding carboxylic acids is 2. The highest BCUT2D eigenvalue weighted by Crippen LogP contribution is 2.48. The monoisotopic (exact) mass is 638 g/mol. The molecule has 0 bridgehead atoms. The molecule has 44 heavy (non-hydrogen) atoms. The molecule has 3 rings (SSSR count). The molecule has 2 heterocycles. The Bertz CT molecular complexity index is 1440. The average molecular weight is 639 g/mol. The minimum absolute atomic E-state index is 0.0180. The number of halogens is 1. The van der Waals surface area contributed by atoms with Gasteiger partial charge in [0.05, 0.1) is 45.2 Å². The van der Waals surface area contributed by atoms with E-state index in [0.717, 1.165) is 0 Å². The van der Waals surface area contributed by atoms with E-state index < -0.39 is 31.8 Å². The third-order valence-corrected chi connectivity index (χ3v) is 7.99. The van der Waals surface area contributed by atoms with Crippen LogP contribution < -0.4 is 11.5 Å². The molecule has 16 heteroatoms. The molecule has 2 unspecified atom stereocenters. The van der Waals surface area contributed by atoms with Crippen LogP contribution in [0.4, 0.5) is 10.2 Å². The Labute approximate surface area is 255 Å². The van der Waals surface area contributed by atoms with Crippen molar-refractivity contribution in [3.63, 3.8) is 0 Å². The first-order valence-corrected chi connectivity index (χ1v) is 15.9. The molecule has 4 N–H and O–H groups in total. The van der Waals surface area contributed by atoms with Crippen LogP contribution in [0.3, 0.4) is 0 Å². The van der Waals surface area contributed by atoms with Gasteiger partial charge in [0.25, 0.3) is 0 Å². The van der Waals surface area contributed by atoms with Gasteiger partial charge in [-0.05, 0) is 36.5 Å². The number of esters is 2. The Morgan fingerprint density at radius 1 is 1.02 bits per heavy atom. The summed E-state index contributed by atoms with van der Waals surface area (Å²) < 4.78 is 56.4. The average Bonchev–Trinajstić information content (AvgIpc) is 3.42. The lowest BCUT2D eigenvalue weighted by molar-refractivity contribution is -0.146. The standard InChI is InChI=1S/C28H40FN6O8P/c1-19(2)13-22-6-5-21(14-23(22)29)20(3)28(37)41-11-12-43-44(38,42-9-4-8-40-24(36)15-30)18-39-10-7-35-17-34-25-26(31)32-16-33-27(25)35/h5-6,14,16-17,19-20H,4,7-13,15,18,30H2,1-3H3,(H2,31,32,33). The van der Waals surface area contributed by atoms with Gasteiger partial charge in [-0.3, -0.25) is 14.2 Å². The van der Waals surface area contributed by atoms with Crippen molar-refractivity contribution in [2.75, 3.05) is 51.7 Å². The first kappa shape index (κ1) is 35.0. The molecule has 0 aliphatic heterocycles. The summed E-state index contributed by atoms with van der Waals surface area (Å²) in [5.41, 5.74) is 13.1. The van der Waals surface area contributed by atoms with Crippen molar-refractivity contribution >= 4 is 36.5 Å². The molecule has 1 aromatic carbocycles. The number of nitrogens with zero attached hydrogens (tertiary/aromatic N) is 4. The number of aromatic nitrogens is 4. The predicted molar refractivity (Wildman–Crippen MR) is 159 cm³/mol. The van der Waals surface area contributed by atoms with Gasteiger partial charge in [0.2, 0.25) is 0 Å². The van der Waals surface area contributed by atoms with Gasteiger partial charge in [-0.15, -0.1) is 0 Å². The lowest BCUT2D eigenvalue weighted by atomic mass is 9.96. The van der Waals surface area contributed by atoms with E-state index in [0.29, 0.717) is 41.2 Å². The first-order valence-electron chi connectivity index (χ1n) is 14.2. The Balaban J connectivity index is 1.50. The number of nitrogen functional groups attached to an aromatic ring is 1. The van der Waals surface area contributed by atoms with Crippen molar-refractivity contribution < 1.29 is 41.8 Å². The quantitative estimate of drug-likeness (QED) is 0.111. The van der Waals surface area contributed by atoms with Crippen LogP contribution in [-0.4, -0.2) is 77.4 Å². The Morgan fingerprint density at radius 2 is 1.80 bits per heavy atom. The third kappa shape index (κ3) is 10.6. The second kappa shape index (κ2) is 17.1. The van der Waals surface area contributed by atoms with Gasteiger partial charge in [0.15, 0.2) is 11.5 Å². The highest BCUT2D eigenvalue weighted by atomic mass is 31.2. The molecular formula is C28H40FN6O8P. The SMILES string of the molecule is CC(C)Cc1ccc(C(C)C(=O)OCCOP(=O)(COCCn2cnc3c(N)ncnc32)OCCCOC(=O)CN)cc1F. The molecule has 242 valence electrons. The van der Waals surface area contributed by atoms with Crippen LogP contribution in [0.15, 0.2) is 30.9 Å². The van der Waals surface area contributed by atoms with E-state index in [4.69, 9.17) is 34.7 Å².